The zero-order chi connectivity index (χ0) is 12.3. The van der Waals surface area contributed by atoms with E-state index in [1.807, 2.05) is 12.1 Å². The largest absolute Gasteiger partial charge is 0.497 e. The van der Waals surface area contributed by atoms with Crippen LogP contribution in [-0.2, 0) is 11.2 Å². The van der Waals surface area contributed by atoms with Gasteiger partial charge in [0.05, 0.1) is 14.2 Å². The van der Waals surface area contributed by atoms with Crippen LogP contribution in [0.25, 0.3) is 0 Å². The summed E-state index contributed by atoms with van der Waals surface area (Å²) in [6.45, 7) is 0. The summed E-state index contributed by atoms with van der Waals surface area (Å²) in [6.07, 6.45) is 0.485. The van der Waals surface area contributed by atoms with Gasteiger partial charge in [0.25, 0.3) is 5.91 Å². The molecule has 2 rings (SSSR count). The standard InChI is InChI=1S/C11H13N3O3/c1-16-8-4-3-7(10(6-8)17-2)5-9-11(15)13-14-12-9/h3-4,6,9H,5H2,1-2H3,(H,12,13,15). The Kier molecular flexibility index (Phi) is 3.22. The molecule has 90 valence electrons. The Balaban J connectivity index is 2.17. The van der Waals surface area contributed by atoms with Gasteiger partial charge in [-0.15, -0.1) is 0 Å². The van der Waals surface area contributed by atoms with Gasteiger partial charge in [0.2, 0.25) is 0 Å². The highest BCUT2D eigenvalue weighted by Gasteiger charge is 2.24. The molecule has 0 aromatic heterocycles. The first-order valence-corrected chi connectivity index (χ1v) is 5.15. The van der Waals surface area contributed by atoms with Crippen molar-refractivity contribution >= 4 is 5.91 Å². The van der Waals surface area contributed by atoms with E-state index in [2.05, 4.69) is 15.8 Å². The first-order valence-electron chi connectivity index (χ1n) is 5.15. The Hall–Kier alpha value is -2.11. The van der Waals surface area contributed by atoms with Crippen molar-refractivity contribution in [2.75, 3.05) is 14.2 Å². The molecule has 0 saturated carbocycles. The molecule has 1 aromatic carbocycles. The summed E-state index contributed by atoms with van der Waals surface area (Å²) >= 11 is 0. The minimum Gasteiger partial charge on any atom is -0.497 e. The molecular formula is C11H13N3O3. The molecule has 0 fully saturated rings. The molecule has 1 amide bonds. The van der Waals surface area contributed by atoms with E-state index in [9.17, 15) is 4.79 Å². The molecule has 0 aliphatic carbocycles. The first-order chi connectivity index (χ1) is 8.24. The third-order valence-electron chi connectivity index (χ3n) is 2.58. The van der Waals surface area contributed by atoms with Crippen LogP contribution in [0.2, 0.25) is 0 Å². The van der Waals surface area contributed by atoms with Crippen LogP contribution < -0.4 is 14.9 Å². The molecular weight excluding hydrogens is 222 g/mol. The number of methoxy groups -OCH3 is 2. The Morgan fingerprint density at radius 3 is 2.76 bits per heavy atom. The number of hydrogen-bond acceptors (Lipinski definition) is 5. The Labute approximate surface area is 98.6 Å². The lowest BCUT2D eigenvalue weighted by Gasteiger charge is -2.12. The molecule has 6 heteroatoms. The lowest BCUT2D eigenvalue weighted by atomic mass is 10.0. The third-order valence-corrected chi connectivity index (χ3v) is 2.58. The van der Waals surface area contributed by atoms with Crippen LogP contribution in [0.15, 0.2) is 28.5 Å². The molecule has 0 spiro atoms. The predicted molar refractivity (Wildman–Crippen MR) is 60.0 cm³/mol. The van der Waals surface area contributed by atoms with E-state index in [0.717, 1.165) is 5.56 Å². The molecule has 1 aliphatic heterocycles. The van der Waals surface area contributed by atoms with E-state index in [1.165, 1.54) is 0 Å². The summed E-state index contributed by atoms with van der Waals surface area (Å²) in [5.74, 6) is 1.14. The van der Waals surface area contributed by atoms with Gasteiger partial charge in [0.15, 0.2) is 0 Å². The van der Waals surface area contributed by atoms with Crippen LogP contribution in [0.5, 0.6) is 11.5 Å². The Morgan fingerprint density at radius 1 is 1.35 bits per heavy atom. The van der Waals surface area contributed by atoms with Crippen LogP contribution in [0, 0.1) is 0 Å². The smallest absolute Gasteiger partial charge is 0.290 e. The van der Waals surface area contributed by atoms with Gasteiger partial charge in [-0.2, -0.15) is 0 Å². The van der Waals surface area contributed by atoms with Gasteiger partial charge in [-0.05, 0) is 11.6 Å². The number of carbonyl (C=O) groups excluding carboxylic acids is 1. The molecule has 0 bridgehead atoms. The average molecular weight is 235 g/mol. The van der Waals surface area contributed by atoms with Crippen molar-refractivity contribution in [2.24, 2.45) is 10.3 Å². The molecule has 1 unspecified atom stereocenters. The van der Waals surface area contributed by atoms with E-state index in [0.29, 0.717) is 17.9 Å². The van der Waals surface area contributed by atoms with Gasteiger partial charge in [-0.25, -0.2) is 0 Å². The molecule has 1 N–H and O–H groups in total. The van der Waals surface area contributed by atoms with Crippen LogP contribution in [-0.4, -0.2) is 26.2 Å². The Bertz CT molecular complexity index is 459. The molecule has 1 aliphatic rings. The van der Waals surface area contributed by atoms with Crippen LogP contribution >= 0.6 is 0 Å². The molecule has 6 nitrogen and oxygen atoms in total. The van der Waals surface area contributed by atoms with Crippen molar-refractivity contribution < 1.29 is 14.3 Å². The number of benzene rings is 1. The van der Waals surface area contributed by atoms with E-state index in [1.54, 1.807) is 20.3 Å². The van der Waals surface area contributed by atoms with Crippen LogP contribution in [0.4, 0.5) is 0 Å². The number of hydrogen-bond donors (Lipinski definition) is 1. The number of amides is 1. The molecule has 1 heterocycles. The zero-order valence-corrected chi connectivity index (χ0v) is 9.64. The Morgan fingerprint density at radius 2 is 2.18 bits per heavy atom. The minimum atomic E-state index is -0.405. The summed E-state index contributed by atoms with van der Waals surface area (Å²) in [7, 11) is 3.17. The molecule has 0 radical (unpaired) electrons. The van der Waals surface area contributed by atoms with Gasteiger partial charge in [0.1, 0.15) is 17.5 Å². The summed E-state index contributed by atoms with van der Waals surface area (Å²) < 4.78 is 10.4. The quantitative estimate of drug-likeness (QED) is 0.848. The van der Waals surface area contributed by atoms with E-state index in [-0.39, 0.29) is 5.91 Å². The van der Waals surface area contributed by atoms with Crippen molar-refractivity contribution in [1.29, 1.82) is 0 Å². The fourth-order valence-corrected chi connectivity index (χ4v) is 1.65. The molecule has 0 saturated heterocycles. The normalized spacial score (nSPS) is 18.0. The van der Waals surface area contributed by atoms with E-state index < -0.39 is 6.04 Å². The number of ether oxygens (including phenoxy) is 2. The van der Waals surface area contributed by atoms with Crippen molar-refractivity contribution in [3.63, 3.8) is 0 Å². The second-order valence-electron chi connectivity index (χ2n) is 3.60. The lowest BCUT2D eigenvalue weighted by molar-refractivity contribution is -0.118. The molecule has 1 aromatic rings. The summed E-state index contributed by atoms with van der Waals surface area (Å²) in [4.78, 5) is 11.3. The summed E-state index contributed by atoms with van der Waals surface area (Å²) in [5, 5.41) is 6.90. The minimum absolute atomic E-state index is 0.261. The van der Waals surface area contributed by atoms with Gasteiger partial charge in [-0.3, -0.25) is 10.2 Å². The maximum absolute atomic E-state index is 11.3. The monoisotopic (exact) mass is 235 g/mol. The van der Waals surface area contributed by atoms with Crippen molar-refractivity contribution in [3.8, 4) is 11.5 Å². The average Bonchev–Trinajstić information content (AvgIpc) is 2.75. The van der Waals surface area contributed by atoms with Gasteiger partial charge in [0, 0.05) is 12.5 Å². The second-order valence-corrected chi connectivity index (χ2v) is 3.60. The van der Waals surface area contributed by atoms with Crippen LogP contribution in [0.3, 0.4) is 0 Å². The fourth-order valence-electron chi connectivity index (χ4n) is 1.65. The number of carbonyl (C=O) groups is 1. The van der Waals surface area contributed by atoms with E-state index >= 15 is 0 Å². The number of rotatable bonds is 4. The summed E-state index contributed by atoms with van der Waals surface area (Å²) in [6, 6.07) is 5.07. The number of nitrogens with one attached hydrogen (secondary N) is 1. The molecule has 1 atom stereocenters. The predicted octanol–water partition coefficient (Wildman–Crippen LogP) is 1.11. The lowest BCUT2D eigenvalue weighted by Crippen LogP contribution is -2.29. The number of nitrogens with zero attached hydrogens (tertiary/aromatic N) is 2. The van der Waals surface area contributed by atoms with Crippen LogP contribution in [0.1, 0.15) is 5.56 Å². The van der Waals surface area contributed by atoms with Gasteiger partial charge >= 0.3 is 0 Å². The van der Waals surface area contributed by atoms with Crippen molar-refractivity contribution in [1.82, 2.24) is 5.43 Å². The van der Waals surface area contributed by atoms with E-state index in [4.69, 9.17) is 9.47 Å². The van der Waals surface area contributed by atoms with Crippen molar-refractivity contribution in [2.45, 2.75) is 12.5 Å². The SMILES string of the molecule is COc1ccc(CC2NN=NC2=O)c(OC)c1. The highest BCUT2D eigenvalue weighted by atomic mass is 16.5. The highest BCUT2D eigenvalue weighted by molar-refractivity contribution is 5.83. The topological polar surface area (TPSA) is 72.3 Å². The van der Waals surface area contributed by atoms with Gasteiger partial charge in [-0.1, -0.05) is 16.4 Å². The highest BCUT2D eigenvalue weighted by Crippen LogP contribution is 2.26. The third kappa shape index (κ3) is 2.35. The second kappa shape index (κ2) is 4.82. The fraction of sp³-hybridized carbons (Fsp3) is 0.364. The maximum Gasteiger partial charge on any atom is 0.290 e. The van der Waals surface area contributed by atoms with Crippen molar-refractivity contribution in [3.05, 3.63) is 23.8 Å². The van der Waals surface area contributed by atoms with Gasteiger partial charge < -0.3 is 9.47 Å². The summed E-state index contributed by atoms with van der Waals surface area (Å²) in [5.41, 5.74) is 3.57. The maximum atomic E-state index is 11.3. The molecule has 17 heavy (non-hydrogen) atoms. The first kappa shape index (κ1) is 11.4. The zero-order valence-electron chi connectivity index (χ0n) is 9.64.